The van der Waals surface area contributed by atoms with Crippen molar-refractivity contribution in [2.24, 2.45) is 0 Å². The molecule has 1 N–H and O–H groups in total. The average molecular weight is 301 g/mol. The fourth-order valence-corrected chi connectivity index (χ4v) is 2.49. The lowest BCUT2D eigenvalue weighted by molar-refractivity contribution is -0.125. The maximum Gasteiger partial charge on any atom is 0.249 e. The molecule has 6 heteroatoms. The lowest BCUT2D eigenvalue weighted by Gasteiger charge is -2.24. The van der Waals surface area contributed by atoms with Gasteiger partial charge in [0.05, 0.1) is 10.7 Å². The first-order valence-corrected chi connectivity index (χ1v) is 6.72. The van der Waals surface area contributed by atoms with E-state index >= 15 is 0 Å². The predicted molar refractivity (Wildman–Crippen MR) is 75.8 cm³/mol. The summed E-state index contributed by atoms with van der Waals surface area (Å²) in [5, 5.41) is 3.63. The molecule has 2 rings (SSSR count). The van der Waals surface area contributed by atoms with E-state index in [1.54, 1.807) is 19.1 Å². The number of anilines is 1. The summed E-state index contributed by atoms with van der Waals surface area (Å²) >= 11 is 12.3. The summed E-state index contributed by atoms with van der Waals surface area (Å²) < 4.78 is 0. The largest absolute Gasteiger partial charge is 0.345 e. The summed E-state index contributed by atoms with van der Waals surface area (Å²) in [5.41, 5.74) is 1.39. The summed E-state index contributed by atoms with van der Waals surface area (Å²) in [5.74, 6) is -0.328. The molecule has 1 saturated heterocycles. The lowest BCUT2D eigenvalue weighted by atomic mass is 10.2. The van der Waals surface area contributed by atoms with E-state index in [1.807, 2.05) is 6.92 Å². The second kappa shape index (κ2) is 5.39. The van der Waals surface area contributed by atoms with E-state index in [-0.39, 0.29) is 18.2 Å². The van der Waals surface area contributed by atoms with Crippen LogP contribution < -0.4 is 10.2 Å². The quantitative estimate of drug-likeness (QED) is 0.866. The van der Waals surface area contributed by atoms with Crippen molar-refractivity contribution in [3.05, 3.63) is 27.7 Å². The molecule has 1 unspecified atom stereocenters. The average Bonchev–Trinajstić information content (AvgIpc) is 2.45. The van der Waals surface area contributed by atoms with Crippen molar-refractivity contribution in [3.63, 3.8) is 0 Å². The van der Waals surface area contributed by atoms with Gasteiger partial charge in [-0.1, -0.05) is 23.2 Å². The molecule has 102 valence electrons. The first-order chi connectivity index (χ1) is 8.90. The second-order valence-corrected chi connectivity index (χ2v) is 5.40. The number of carbonyl (C=O) groups is 2. The Morgan fingerprint density at radius 1 is 1.26 bits per heavy atom. The smallest absolute Gasteiger partial charge is 0.249 e. The van der Waals surface area contributed by atoms with Crippen molar-refractivity contribution in [2.75, 3.05) is 11.4 Å². The molecule has 4 nitrogen and oxygen atoms in total. The topological polar surface area (TPSA) is 49.4 Å². The Labute approximate surface area is 121 Å². The molecule has 0 bridgehead atoms. The Kier molecular flexibility index (Phi) is 4.02. The van der Waals surface area contributed by atoms with Crippen LogP contribution in [0.3, 0.4) is 0 Å². The molecule has 1 heterocycles. The molecular formula is C13H14Cl2N2O2. The van der Waals surface area contributed by atoms with Gasteiger partial charge in [-0.05, 0) is 31.5 Å². The molecule has 1 aromatic carbocycles. The molecule has 1 aliphatic heterocycles. The van der Waals surface area contributed by atoms with Crippen LogP contribution >= 0.6 is 23.2 Å². The van der Waals surface area contributed by atoms with Gasteiger partial charge in [0.25, 0.3) is 0 Å². The highest BCUT2D eigenvalue weighted by atomic mass is 35.5. The number of benzene rings is 1. The molecule has 2 amide bonds. The normalized spacial score (nSPS) is 20.2. The van der Waals surface area contributed by atoms with Gasteiger partial charge in [-0.2, -0.15) is 0 Å². The summed E-state index contributed by atoms with van der Waals surface area (Å²) in [6, 6.07) is 2.82. The van der Waals surface area contributed by atoms with Crippen LogP contribution in [-0.4, -0.2) is 24.4 Å². The second-order valence-electron chi connectivity index (χ2n) is 4.58. The maximum absolute atomic E-state index is 12.2. The lowest BCUT2D eigenvalue weighted by Crippen LogP contribution is -2.42. The minimum absolute atomic E-state index is 0.141. The predicted octanol–water partition coefficient (Wildman–Crippen LogP) is 2.54. The van der Waals surface area contributed by atoms with Crippen LogP contribution in [0.5, 0.6) is 0 Å². The van der Waals surface area contributed by atoms with Gasteiger partial charge in [-0.25, -0.2) is 0 Å². The zero-order valence-corrected chi connectivity index (χ0v) is 12.2. The van der Waals surface area contributed by atoms with Crippen LogP contribution in [0.15, 0.2) is 12.1 Å². The molecule has 0 saturated carbocycles. The third kappa shape index (κ3) is 2.85. The summed E-state index contributed by atoms with van der Waals surface area (Å²) in [4.78, 5) is 25.2. The summed E-state index contributed by atoms with van der Waals surface area (Å²) in [6.07, 6.45) is 0.248. The van der Waals surface area contributed by atoms with Crippen LogP contribution in [0.2, 0.25) is 10.0 Å². The Balaban J connectivity index is 2.42. The fourth-order valence-electron chi connectivity index (χ4n) is 2.01. The highest BCUT2D eigenvalue weighted by Crippen LogP contribution is 2.32. The van der Waals surface area contributed by atoms with Crippen LogP contribution in [0.1, 0.15) is 18.9 Å². The molecule has 1 aliphatic rings. The highest BCUT2D eigenvalue weighted by molar-refractivity contribution is 6.36. The molecule has 1 aromatic rings. The van der Waals surface area contributed by atoms with E-state index in [4.69, 9.17) is 23.2 Å². The van der Waals surface area contributed by atoms with Crippen molar-refractivity contribution in [1.82, 2.24) is 5.32 Å². The van der Waals surface area contributed by atoms with Crippen molar-refractivity contribution in [3.8, 4) is 0 Å². The van der Waals surface area contributed by atoms with Gasteiger partial charge < -0.3 is 10.2 Å². The van der Waals surface area contributed by atoms with Crippen molar-refractivity contribution >= 4 is 40.7 Å². The van der Waals surface area contributed by atoms with E-state index in [1.165, 1.54) is 4.90 Å². The maximum atomic E-state index is 12.2. The van der Waals surface area contributed by atoms with Crippen molar-refractivity contribution in [2.45, 2.75) is 26.3 Å². The van der Waals surface area contributed by atoms with Crippen LogP contribution in [-0.2, 0) is 9.59 Å². The van der Waals surface area contributed by atoms with Gasteiger partial charge in [0.1, 0.15) is 6.04 Å². The highest BCUT2D eigenvalue weighted by Gasteiger charge is 2.28. The first kappa shape index (κ1) is 14.2. The molecule has 1 fully saturated rings. The molecular weight excluding hydrogens is 287 g/mol. The Morgan fingerprint density at radius 2 is 1.95 bits per heavy atom. The standard InChI is InChI=1S/C13H14Cl2N2O2/c1-7-5-10(15)11(6-9(7)14)17-4-3-12(18)16-8(2)13(17)19/h5-6,8H,3-4H2,1-2H3,(H,16,18). The summed E-state index contributed by atoms with van der Waals surface area (Å²) in [6.45, 7) is 3.80. The van der Waals surface area contributed by atoms with E-state index in [0.717, 1.165) is 5.56 Å². The number of nitrogens with zero attached hydrogens (tertiary/aromatic N) is 1. The number of rotatable bonds is 1. The van der Waals surface area contributed by atoms with Gasteiger partial charge >= 0.3 is 0 Å². The molecule has 0 spiro atoms. The zero-order valence-electron chi connectivity index (χ0n) is 10.7. The van der Waals surface area contributed by atoms with Crippen molar-refractivity contribution < 1.29 is 9.59 Å². The number of aryl methyl sites for hydroxylation is 1. The number of hydrogen-bond acceptors (Lipinski definition) is 2. The van der Waals surface area contributed by atoms with Crippen molar-refractivity contribution in [1.29, 1.82) is 0 Å². The van der Waals surface area contributed by atoms with Gasteiger partial charge in [-0.15, -0.1) is 0 Å². The van der Waals surface area contributed by atoms with E-state index in [2.05, 4.69) is 5.32 Å². The molecule has 0 aromatic heterocycles. The SMILES string of the molecule is Cc1cc(Cl)c(N2CCC(=O)NC(C)C2=O)cc1Cl. The van der Waals surface area contributed by atoms with E-state index in [9.17, 15) is 9.59 Å². The minimum Gasteiger partial charge on any atom is -0.345 e. The van der Waals surface area contributed by atoms with Crippen LogP contribution in [0.4, 0.5) is 5.69 Å². The number of amides is 2. The molecule has 1 atom stereocenters. The first-order valence-electron chi connectivity index (χ1n) is 5.96. The Morgan fingerprint density at radius 3 is 2.63 bits per heavy atom. The van der Waals surface area contributed by atoms with Gasteiger partial charge in [-0.3, -0.25) is 9.59 Å². The monoisotopic (exact) mass is 300 g/mol. The minimum atomic E-state index is -0.564. The number of carbonyl (C=O) groups excluding carboxylic acids is 2. The molecule has 19 heavy (non-hydrogen) atoms. The Bertz CT molecular complexity index is 546. The fraction of sp³-hybridized carbons (Fsp3) is 0.385. The van der Waals surface area contributed by atoms with Crippen LogP contribution in [0.25, 0.3) is 0 Å². The van der Waals surface area contributed by atoms with Gasteiger partial charge in [0.15, 0.2) is 0 Å². The van der Waals surface area contributed by atoms with Gasteiger partial charge in [0, 0.05) is 18.0 Å². The molecule has 0 radical (unpaired) electrons. The van der Waals surface area contributed by atoms with E-state index < -0.39 is 6.04 Å². The van der Waals surface area contributed by atoms with Gasteiger partial charge in [0.2, 0.25) is 11.8 Å². The van der Waals surface area contributed by atoms with E-state index in [0.29, 0.717) is 22.3 Å². The zero-order chi connectivity index (χ0) is 14.2. The Hall–Kier alpha value is -1.26. The number of halogens is 2. The van der Waals surface area contributed by atoms with Crippen LogP contribution in [0, 0.1) is 6.92 Å². The third-order valence-corrected chi connectivity index (χ3v) is 3.81. The third-order valence-electron chi connectivity index (χ3n) is 3.10. The number of nitrogens with one attached hydrogen (secondary N) is 1. The summed E-state index contributed by atoms with van der Waals surface area (Å²) in [7, 11) is 0. The number of hydrogen-bond donors (Lipinski definition) is 1. The molecule has 0 aliphatic carbocycles.